The molecule has 1 unspecified atom stereocenters. The molecule has 0 radical (unpaired) electrons. The first-order chi connectivity index (χ1) is 9.52. The maximum Gasteiger partial charge on any atom is 0.326 e. The van der Waals surface area contributed by atoms with Crippen LogP contribution in [0.1, 0.15) is 19.3 Å². The molecule has 114 valence electrons. The van der Waals surface area contributed by atoms with Gasteiger partial charge in [0.2, 0.25) is 0 Å². The van der Waals surface area contributed by atoms with Crippen LogP contribution < -0.4 is 5.32 Å². The van der Waals surface area contributed by atoms with E-state index in [0.29, 0.717) is 19.0 Å². The number of hydrogen-bond donors (Lipinski definition) is 3. The lowest BCUT2D eigenvalue weighted by Gasteiger charge is -2.36. The SMILES string of the molecule is CNCC1CCCN(C(=O)N2C[C@@H](O)C[C@H]2C(=O)O)C1. The van der Waals surface area contributed by atoms with Crippen molar-refractivity contribution in [2.75, 3.05) is 33.2 Å². The van der Waals surface area contributed by atoms with Gasteiger partial charge in [-0.3, -0.25) is 0 Å². The van der Waals surface area contributed by atoms with Crippen LogP contribution in [0, 0.1) is 5.92 Å². The Morgan fingerprint density at radius 2 is 2.10 bits per heavy atom. The summed E-state index contributed by atoms with van der Waals surface area (Å²) < 4.78 is 0. The minimum absolute atomic E-state index is 0.114. The van der Waals surface area contributed by atoms with Gasteiger partial charge < -0.3 is 25.3 Å². The molecule has 0 aliphatic carbocycles. The van der Waals surface area contributed by atoms with Gasteiger partial charge in [-0.25, -0.2) is 9.59 Å². The normalized spacial score (nSPS) is 30.6. The highest BCUT2D eigenvalue weighted by Crippen LogP contribution is 2.23. The molecular weight excluding hydrogens is 262 g/mol. The number of piperidine rings is 1. The van der Waals surface area contributed by atoms with E-state index in [2.05, 4.69) is 5.32 Å². The molecule has 20 heavy (non-hydrogen) atoms. The zero-order valence-electron chi connectivity index (χ0n) is 11.8. The second-order valence-corrected chi connectivity index (χ2v) is 5.69. The van der Waals surface area contributed by atoms with Gasteiger partial charge in [-0.1, -0.05) is 0 Å². The summed E-state index contributed by atoms with van der Waals surface area (Å²) in [6, 6.07) is -1.16. The first-order valence-corrected chi connectivity index (χ1v) is 7.14. The number of hydrogen-bond acceptors (Lipinski definition) is 4. The van der Waals surface area contributed by atoms with Crippen molar-refractivity contribution in [2.24, 2.45) is 5.92 Å². The zero-order valence-corrected chi connectivity index (χ0v) is 11.8. The number of carbonyl (C=O) groups is 2. The second-order valence-electron chi connectivity index (χ2n) is 5.69. The fourth-order valence-electron chi connectivity index (χ4n) is 3.14. The van der Waals surface area contributed by atoms with Crippen LogP contribution in [0.4, 0.5) is 4.79 Å². The number of β-amino-alcohol motifs (C(OH)–C–C–N with tert-alkyl or cyclic N) is 1. The highest BCUT2D eigenvalue weighted by molar-refractivity contribution is 5.83. The molecule has 0 aromatic carbocycles. The van der Waals surface area contributed by atoms with Crippen LogP contribution in [0.2, 0.25) is 0 Å². The van der Waals surface area contributed by atoms with Crippen molar-refractivity contribution >= 4 is 12.0 Å². The zero-order chi connectivity index (χ0) is 14.7. The molecule has 2 heterocycles. The van der Waals surface area contributed by atoms with Crippen molar-refractivity contribution in [3.63, 3.8) is 0 Å². The van der Waals surface area contributed by atoms with Gasteiger partial charge in [0.1, 0.15) is 6.04 Å². The van der Waals surface area contributed by atoms with E-state index in [1.165, 1.54) is 4.90 Å². The smallest absolute Gasteiger partial charge is 0.326 e. The van der Waals surface area contributed by atoms with Crippen LogP contribution in [-0.4, -0.2) is 77.4 Å². The Morgan fingerprint density at radius 1 is 1.35 bits per heavy atom. The number of nitrogens with one attached hydrogen (secondary N) is 1. The Morgan fingerprint density at radius 3 is 2.75 bits per heavy atom. The van der Waals surface area contributed by atoms with Crippen molar-refractivity contribution in [3.8, 4) is 0 Å². The van der Waals surface area contributed by atoms with E-state index in [1.54, 1.807) is 4.90 Å². The lowest BCUT2D eigenvalue weighted by Crippen LogP contribution is -2.51. The molecule has 0 aromatic rings. The van der Waals surface area contributed by atoms with Gasteiger partial charge >= 0.3 is 12.0 Å². The number of likely N-dealkylation sites (tertiary alicyclic amines) is 2. The number of aliphatic carboxylic acids is 1. The summed E-state index contributed by atoms with van der Waals surface area (Å²) in [4.78, 5) is 26.7. The number of carboxylic acids is 1. The summed E-state index contributed by atoms with van der Waals surface area (Å²) in [6.45, 7) is 2.29. The largest absolute Gasteiger partial charge is 0.480 e. The molecule has 0 saturated carbocycles. The van der Waals surface area contributed by atoms with Crippen LogP contribution in [0.15, 0.2) is 0 Å². The molecule has 2 amide bonds. The fourth-order valence-corrected chi connectivity index (χ4v) is 3.14. The van der Waals surface area contributed by atoms with Gasteiger partial charge in [0.25, 0.3) is 0 Å². The lowest BCUT2D eigenvalue weighted by atomic mass is 9.98. The number of carboxylic acid groups (broad SMARTS) is 1. The van der Waals surface area contributed by atoms with Crippen molar-refractivity contribution in [2.45, 2.75) is 31.4 Å². The van der Waals surface area contributed by atoms with Crippen LogP contribution in [0.25, 0.3) is 0 Å². The summed E-state index contributed by atoms with van der Waals surface area (Å²) in [5.74, 6) is -0.632. The highest BCUT2D eigenvalue weighted by Gasteiger charge is 2.41. The average molecular weight is 285 g/mol. The molecule has 0 spiro atoms. The molecule has 7 heteroatoms. The van der Waals surface area contributed by atoms with Gasteiger partial charge in [-0.15, -0.1) is 0 Å². The topological polar surface area (TPSA) is 93.1 Å². The van der Waals surface area contributed by atoms with E-state index in [0.717, 1.165) is 19.4 Å². The monoisotopic (exact) mass is 285 g/mol. The Hall–Kier alpha value is -1.34. The third kappa shape index (κ3) is 3.21. The molecule has 2 saturated heterocycles. The van der Waals surface area contributed by atoms with Crippen molar-refractivity contribution < 1.29 is 19.8 Å². The van der Waals surface area contributed by atoms with Crippen LogP contribution in [-0.2, 0) is 4.79 Å². The molecule has 7 nitrogen and oxygen atoms in total. The van der Waals surface area contributed by atoms with Gasteiger partial charge in [-0.2, -0.15) is 0 Å². The molecule has 0 aromatic heterocycles. The van der Waals surface area contributed by atoms with Crippen molar-refractivity contribution in [1.82, 2.24) is 15.1 Å². The summed E-state index contributed by atoms with van der Waals surface area (Å²) in [6.07, 6.45) is 1.40. The third-order valence-electron chi connectivity index (χ3n) is 4.09. The van der Waals surface area contributed by atoms with Gasteiger partial charge in [-0.05, 0) is 32.4 Å². The molecular formula is C13H23N3O4. The first-order valence-electron chi connectivity index (χ1n) is 7.14. The average Bonchev–Trinajstić information content (AvgIpc) is 2.81. The molecule has 3 atom stereocenters. The molecule has 2 aliphatic heterocycles. The Balaban J connectivity index is 2.00. The molecule has 2 fully saturated rings. The van der Waals surface area contributed by atoms with Gasteiger partial charge in [0.15, 0.2) is 0 Å². The second kappa shape index (κ2) is 6.41. The fraction of sp³-hybridized carbons (Fsp3) is 0.846. The predicted molar refractivity (Wildman–Crippen MR) is 72.4 cm³/mol. The summed E-state index contributed by atoms with van der Waals surface area (Å²) in [5.41, 5.74) is 0. The maximum absolute atomic E-state index is 12.5. The predicted octanol–water partition coefficient (Wildman–Crippen LogP) is -0.442. The minimum Gasteiger partial charge on any atom is -0.480 e. The lowest BCUT2D eigenvalue weighted by molar-refractivity contribution is -0.141. The Bertz CT molecular complexity index is 375. The number of urea groups is 1. The maximum atomic E-state index is 12.5. The third-order valence-corrected chi connectivity index (χ3v) is 4.09. The number of amides is 2. The molecule has 3 N–H and O–H groups in total. The number of aliphatic hydroxyl groups excluding tert-OH is 1. The van der Waals surface area contributed by atoms with Crippen molar-refractivity contribution in [1.29, 1.82) is 0 Å². The summed E-state index contributed by atoms with van der Waals surface area (Å²) >= 11 is 0. The Kier molecular flexibility index (Phi) is 4.82. The first kappa shape index (κ1) is 15.1. The Labute approximate surface area is 118 Å². The van der Waals surface area contributed by atoms with Crippen LogP contribution in [0.3, 0.4) is 0 Å². The summed E-state index contributed by atoms with van der Waals surface area (Å²) in [7, 11) is 1.89. The molecule has 2 aliphatic rings. The highest BCUT2D eigenvalue weighted by atomic mass is 16.4. The van der Waals surface area contributed by atoms with E-state index in [-0.39, 0.29) is 19.0 Å². The van der Waals surface area contributed by atoms with E-state index in [9.17, 15) is 14.7 Å². The minimum atomic E-state index is -1.04. The standard InChI is InChI=1S/C13H23N3O4/c1-14-6-9-3-2-4-15(7-9)13(20)16-8-10(17)5-11(16)12(18)19/h9-11,14,17H,2-8H2,1H3,(H,18,19)/t9?,10-,11-/m0/s1. The number of nitrogens with zero attached hydrogens (tertiary/aromatic N) is 2. The van der Waals surface area contributed by atoms with Gasteiger partial charge in [0, 0.05) is 26.1 Å². The number of rotatable bonds is 3. The number of carbonyl (C=O) groups excluding carboxylic acids is 1. The van der Waals surface area contributed by atoms with E-state index < -0.39 is 18.1 Å². The number of aliphatic hydroxyl groups is 1. The van der Waals surface area contributed by atoms with Crippen LogP contribution >= 0.6 is 0 Å². The van der Waals surface area contributed by atoms with E-state index in [1.807, 2.05) is 7.05 Å². The van der Waals surface area contributed by atoms with E-state index >= 15 is 0 Å². The molecule has 2 rings (SSSR count). The van der Waals surface area contributed by atoms with Crippen LogP contribution in [0.5, 0.6) is 0 Å². The van der Waals surface area contributed by atoms with Gasteiger partial charge in [0.05, 0.1) is 6.10 Å². The quantitative estimate of drug-likeness (QED) is 0.653. The summed E-state index contributed by atoms with van der Waals surface area (Å²) in [5, 5.41) is 21.9. The van der Waals surface area contributed by atoms with Crippen molar-refractivity contribution in [3.05, 3.63) is 0 Å². The van der Waals surface area contributed by atoms with E-state index in [4.69, 9.17) is 5.11 Å². The molecule has 0 bridgehead atoms.